The van der Waals surface area contributed by atoms with Gasteiger partial charge in [0, 0.05) is 18.7 Å². The molecule has 0 unspecified atom stereocenters. The van der Waals surface area contributed by atoms with Crippen LogP contribution < -0.4 is 11.2 Å². The molecule has 1 aromatic heterocycles. The van der Waals surface area contributed by atoms with Crippen LogP contribution in [0, 0.1) is 0 Å². The molecule has 1 aliphatic carbocycles. The van der Waals surface area contributed by atoms with Gasteiger partial charge in [0.25, 0.3) is 5.56 Å². The number of nitrogens with zero attached hydrogens (tertiary/aromatic N) is 1. The summed E-state index contributed by atoms with van der Waals surface area (Å²) < 4.78 is 6.49. The maximum atomic E-state index is 11.7. The van der Waals surface area contributed by atoms with Crippen molar-refractivity contribution >= 4 is 0 Å². The molecule has 2 heterocycles. The van der Waals surface area contributed by atoms with Crippen LogP contribution >= 0.6 is 0 Å². The van der Waals surface area contributed by atoms with Crippen LogP contribution in [0.15, 0.2) is 21.9 Å². The molecule has 4 N–H and O–H groups in total. The third kappa shape index (κ3) is 1.54. The molecule has 2 aliphatic rings. The van der Waals surface area contributed by atoms with Crippen molar-refractivity contribution in [3.63, 3.8) is 0 Å². The summed E-state index contributed by atoms with van der Waals surface area (Å²) in [5.74, 6) is 0. The van der Waals surface area contributed by atoms with Gasteiger partial charge in [0.05, 0.1) is 6.10 Å². The minimum Gasteiger partial charge on any atom is -0.390 e. The first-order valence-corrected chi connectivity index (χ1v) is 5.87. The largest absolute Gasteiger partial charge is 0.390 e. The number of aromatic nitrogens is 2. The van der Waals surface area contributed by atoms with Crippen LogP contribution in [0.1, 0.15) is 19.6 Å². The lowest BCUT2D eigenvalue weighted by Gasteiger charge is -2.27. The Morgan fingerprint density at radius 3 is 2.58 bits per heavy atom. The zero-order valence-corrected chi connectivity index (χ0v) is 10.1. The molecule has 1 saturated heterocycles. The van der Waals surface area contributed by atoms with Crippen molar-refractivity contribution in [2.75, 3.05) is 0 Å². The standard InChI is InChI=1S/C11H14N2O6/c1-10(18)7(16)11(4-5(11)14)19-8(10)13-3-2-6(15)12-9(13)17/h2-3,5,7-8,14,16,18H,4H2,1H3,(H,12,15,17)/t5-,7+,8-,10-,11-/m1/s1. The van der Waals surface area contributed by atoms with Gasteiger partial charge in [-0.2, -0.15) is 0 Å². The molecule has 1 aromatic rings. The highest BCUT2D eigenvalue weighted by Gasteiger charge is 2.72. The minimum atomic E-state index is -1.75. The van der Waals surface area contributed by atoms with Crippen molar-refractivity contribution in [2.45, 2.75) is 43.0 Å². The van der Waals surface area contributed by atoms with E-state index in [0.717, 1.165) is 10.6 Å². The molecule has 1 spiro atoms. The first-order valence-electron chi connectivity index (χ1n) is 5.87. The van der Waals surface area contributed by atoms with Gasteiger partial charge in [-0.3, -0.25) is 14.3 Å². The molecule has 0 radical (unpaired) electrons. The zero-order chi connectivity index (χ0) is 14.0. The van der Waals surface area contributed by atoms with E-state index in [1.165, 1.54) is 13.1 Å². The van der Waals surface area contributed by atoms with Gasteiger partial charge in [0.2, 0.25) is 0 Å². The predicted molar refractivity (Wildman–Crippen MR) is 61.4 cm³/mol. The second-order valence-electron chi connectivity index (χ2n) is 5.29. The molecule has 8 heteroatoms. The van der Waals surface area contributed by atoms with Crippen molar-refractivity contribution in [1.29, 1.82) is 0 Å². The second-order valence-corrected chi connectivity index (χ2v) is 5.29. The number of H-pyrrole nitrogens is 1. The van der Waals surface area contributed by atoms with Crippen LogP contribution in [0.5, 0.6) is 0 Å². The Balaban J connectivity index is 2.06. The summed E-state index contributed by atoms with van der Waals surface area (Å²) >= 11 is 0. The molecule has 19 heavy (non-hydrogen) atoms. The summed E-state index contributed by atoms with van der Waals surface area (Å²) in [6.45, 7) is 1.32. The van der Waals surface area contributed by atoms with Crippen molar-refractivity contribution in [3.8, 4) is 0 Å². The van der Waals surface area contributed by atoms with Gasteiger partial charge in [0.1, 0.15) is 17.3 Å². The SMILES string of the molecule is C[C@]1(O)[C@H](n2ccc(=O)[nH]c2=O)O[C@@]2(C[C@H]2O)[C@H]1O. The number of aliphatic hydroxyl groups is 3. The molecule has 0 amide bonds. The number of hydrogen-bond acceptors (Lipinski definition) is 6. The summed E-state index contributed by atoms with van der Waals surface area (Å²) in [6.07, 6.45) is -2.00. The number of rotatable bonds is 1. The fraction of sp³-hybridized carbons (Fsp3) is 0.636. The van der Waals surface area contributed by atoms with E-state index < -0.39 is 40.9 Å². The lowest BCUT2D eigenvalue weighted by atomic mass is 9.95. The highest BCUT2D eigenvalue weighted by atomic mass is 16.6. The Morgan fingerprint density at radius 2 is 2.11 bits per heavy atom. The number of aromatic amines is 1. The Kier molecular flexibility index (Phi) is 2.34. The predicted octanol–water partition coefficient (Wildman–Crippen LogP) is -2.32. The Labute approximate surface area is 106 Å². The molecule has 5 atom stereocenters. The normalized spacial score (nSPS) is 44.7. The lowest BCUT2D eigenvalue weighted by Crippen LogP contribution is -2.47. The molecular weight excluding hydrogens is 256 g/mol. The second kappa shape index (κ2) is 3.54. The summed E-state index contributed by atoms with van der Waals surface area (Å²) in [4.78, 5) is 24.8. The van der Waals surface area contributed by atoms with E-state index in [-0.39, 0.29) is 6.42 Å². The molecule has 8 nitrogen and oxygen atoms in total. The fourth-order valence-electron chi connectivity index (χ4n) is 2.64. The molecule has 1 saturated carbocycles. The first-order chi connectivity index (χ1) is 8.79. The van der Waals surface area contributed by atoms with Gasteiger partial charge in [0.15, 0.2) is 6.23 Å². The quantitative estimate of drug-likeness (QED) is 0.454. The van der Waals surface area contributed by atoms with Crippen LogP contribution in [0.25, 0.3) is 0 Å². The van der Waals surface area contributed by atoms with Gasteiger partial charge >= 0.3 is 5.69 Å². The van der Waals surface area contributed by atoms with Gasteiger partial charge in [-0.05, 0) is 6.92 Å². The van der Waals surface area contributed by atoms with Crippen LogP contribution in [-0.4, -0.2) is 48.3 Å². The Morgan fingerprint density at radius 1 is 1.47 bits per heavy atom. The monoisotopic (exact) mass is 270 g/mol. The third-order valence-electron chi connectivity index (χ3n) is 3.87. The maximum absolute atomic E-state index is 11.7. The van der Waals surface area contributed by atoms with Gasteiger partial charge in [-0.15, -0.1) is 0 Å². The first kappa shape index (κ1) is 12.5. The van der Waals surface area contributed by atoms with Gasteiger partial charge in [-0.25, -0.2) is 4.79 Å². The van der Waals surface area contributed by atoms with E-state index >= 15 is 0 Å². The molecular formula is C11H14N2O6. The number of ether oxygens (including phenoxy) is 1. The van der Waals surface area contributed by atoms with E-state index in [2.05, 4.69) is 0 Å². The topological polar surface area (TPSA) is 125 Å². The van der Waals surface area contributed by atoms with E-state index in [4.69, 9.17) is 4.74 Å². The van der Waals surface area contributed by atoms with Crippen LogP contribution in [-0.2, 0) is 4.74 Å². The lowest BCUT2D eigenvalue weighted by molar-refractivity contribution is -0.101. The summed E-state index contributed by atoms with van der Waals surface area (Å²) in [5, 5.41) is 30.0. The highest BCUT2D eigenvalue weighted by Crippen LogP contribution is 2.56. The molecule has 0 aromatic carbocycles. The highest BCUT2D eigenvalue weighted by molar-refractivity contribution is 5.21. The third-order valence-corrected chi connectivity index (χ3v) is 3.87. The van der Waals surface area contributed by atoms with Crippen LogP contribution in [0.2, 0.25) is 0 Å². The fourth-order valence-corrected chi connectivity index (χ4v) is 2.64. The molecule has 0 bridgehead atoms. The van der Waals surface area contributed by atoms with E-state index in [9.17, 15) is 24.9 Å². The summed E-state index contributed by atoms with van der Waals surface area (Å²) in [6, 6.07) is 1.11. The van der Waals surface area contributed by atoms with Crippen molar-refractivity contribution < 1.29 is 20.1 Å². The van der Waals surface area contributed by atoms with Crippen LogP contribution in [0.3, 0.4) is 0 Å². The van der Waals surface area contributed by atoms with Crippen molar-refractivity contribution in [2.24, 2.45) is 0 Å². The molecule has 104 valence electrons. The maximum Gasteiger partial charge on any atom is 0.330 e. The van der Waals surface area contributed by atoms with Crippen molar-refractivity contribution in [3.05, 3.63) is 33.1 Å². The average Bonchev–Trinajstić information content (AvgIpc) is 2.92. The Bertz CT molecular complexity index is 635. The molecule has 2 fully saturated rings. The minimum absolute atomic E-state index is 0.193. The van der Waals surface area contributed by atoms with Gasteiger partial charge < -0.3 is 20.1 Å². The molecule has 1 aliphatic heterocycles. The van der Waals surface area contributed by atoms with Crippen LogP contribution in [0.4, 0.5) is 0 Å². The smallest absolute Gasteiger partial charge is 0.330 e. The summed E-state index contributed by atoms with van der Waals surface area (Å²) in [7, 11) is 0. The summed E-state index contributed by atoms with van der Waals surface area (Å²) in [5.41, 5.74) is -4.30. The average molecular weight is 270 g/mol. The number of hydrogen-bond donors (Lipinski definition) is 4. The molecule has 3 rings (SSSR count). The van der Waals surface area contributed by atoms with Gasteiger partial charge in [-0.1, -0.05) is 0 Å². The number of nitrogens with one attached hydrogen (secondary N) is 1. The van der Waals surface area contributed by atoms with E-state index in [0.29, 0.717) is 0 Å². The zero-order valence-electron chi connectivity index (χ0n) is 10.1. The Hall–Kier alpha value is -1.48. The van der Waals surface area contributed by atoms with E-state index in [1.54, 1.807) is 0 Å². The van der Waals surface area contributed by atoms with Crippen molar-refractivity contribution in [1.82, 2.24) is 9.55 Å². The van der Waals surface area contributed by atoms with E-state index in [1.807, 2.05) is 4.98 Å². The number of aliphatic hydroxyl groups excluding tert-OH is 2.